The molecule has 0 amide bonds. The summed E-state index contributed by atoms with van der Waals surface area (Å²) in [6.45, 7) is 4.84. The van der Waals surface area contributed by atoms with Crippen molar-refractivity contribution in [1.82, 2.24) is 23.7 Å². The average Bonchev–Trinajstić information content (AvgIpc) is 3.32. The minimum atomic E-state index is -0.0578. The molecule has 0 radical (unpaired) electrons. The molecule has 0 spiro atoms. The summed E-state index contributed by atoms with van der Waals surface area (Å²) in [6.07, 6.45) is 2.72. The third-order valence-corrected chi connectivity index (χ3v) is 5.90. The van der Waals surface area contributed by atoms with Crippen LogP contribution in [-0.4, -0.2) is 35.3 Å². The fraction of sp³-hybridized carbons (Fsp3) is 0.333. The Labute approximate surface area is 172 Å². The Kier molecular flexibility index (Phi) is 5.27. The maximum Gasteiger partial charge on any atom is 0.262 e. The number of carbonyl (C=O) groups is 1. The summed E-state index contributed by atoms with van der Waals surface area (Å²) < 4.78 is 5.39. The van der Waals surface area contributed by atoms with E-state index in [4.69, 9.17) is 0 Å². The number of fused-ring (bicyclic) bond motifs is 3. The van der Waals surface area contributed by atoms with E-state index in [-0.39, 0.29) is 17.1 Å². The fourth-order valence-electron chi connectivity index (χ4n) is 3.37. The predicted octanol–water partition coefficient (Wildman–Crippen LogP) is 3.40. The zero-order valence-electron chi connectivity index (χ0n) is 16.7. The van der Waals surface area contributed by atoms with Gasteiger partial charge >= 0.3 is 0 Å². The van der Waals surface area contributed by atoms with Crippen molar-refractivity contribution < 1.29 is 4.79 Å². The average molecular weight is 410 g/mol. The minimum Gasteiger partial charge on any atom is -0.348 e. The molecule has 0 saturated heterocycles. The number of aromatic nitrogens is 5. The van der Waals surface area contributed by atoms with Crippen LogP contribution in [0.3, 0.4) is 0 Å². The summed E-state index contributed by atoms with van der Waals surface area (Å²) in [5, 5.41) is 9.84. The summed E-state index contributed by atoms with van der Waals surface area (Å²) in [5.74, 6) is 1.26. The smallest absolute Gasteiger partial charge is 0.262 e. The Morgan fingerprint density at radius 2 is 1.93 bits per heavy atom. The molecule has 0 atom stereocenters. The highest BCUT2D eigenvalue weighted by Gasteiger charge is 2.18. The number of thioether (sulfide) groups is 1. The van der Waals surface area contributed by atoms with Crippen LogP contribution < -0.4 is 5.56 Å². The van der Waals surface area contributed by atoms with E-state index in [1.807, 2.05) is 58.6 Å². The molecule has 0 aliphatic heterocycles. The van der Waals surface area contributed by atoms with Gasteiger partial charge in [-0.3, -0.25) is 18.6 Å². The van der Waals surface area contributed by atoms with E-state index in [0.717, 1.165) is 11.9 Å². The maximum absolute atomic E-state index is 13.0. The van der Waals surface area contributed by atoms with Gasteiger partial charge in [0, 0.05) is 19.8 Å². The zero-order valence-corrected chi connectivity index (χ0v) is 17.5. The van der Waals surface area contributed by atoms with Gasteiger partial charge in [0.15, 0.2) is 10.9 Å². The van der Waals surface area contributed by atoms with Crippen molar-refractivity contribution in [2.24, 2.45) is 13.0 Å². The number of hydrogen-bond acceptors (Lipinski definition) is 5. The first-order chi connectivity index (χ1) is 14.0. The molecule has 4 aromatic rings. The van der Waals surface area contributed by atoms with Crippen LogP contribution in [0.15, 0.2) is 52.5 Å². The number of rotatable bonds is 7. The van der Waals surface area contributed by atoms with Crippen molar-refractivity contribution in [3.8, 4) is 0 Å². The Hall–Kier alpha value is -2.87. The molecule has 0 fully saturated rings. The summed E-state index contributed by atoms with van der Waals surface area (Å²) in [6, 6.07) is 11.1. The van der Waals surface area contributed by atoms with Crippen LogP contribution in [0.2, 0.25) is 0 Å². The maximum atomic E-state index is 13.0. The lowest BCUT2D eigenvalue weighted by Gasteiger charge is -2.12. The van der Waals surface area contributed by atoms with Crippen molar-refractivity contribution in [1.29, 1.82) is 0 Å². The summed E-state index contributed by atoms with van der Waals surface area (Å²) in [4.78, 5) is 25.6. The number of nitrogens with zero attached hydrogens (tertiary/aromatic N) is 5. The van der Waals surface area contributed by atoms with Crippen LogP contribution in [0.5, 0.6) is 0 Å². The highest BCUT2D eigenvalue weighted by atomic mass is 32.2. The number of benzene rings is 1. The van der Waals surface area contributed by atoms with Crippen LogP contribution in [0, 0.1) is 5.92 Å². The van der Waals surface area contributed by atoms with E-state index in [0.29, 0.717) is 34.5 Å². The molecule has 0 aliphatic rings. The molecule has 3 aromatic heterocycles. The molecule has 0 saturated carbocycles. The van der Waals surface area contributed by atoms with Crippen molar-refractivity contribution in [2.75, 3.05) is 5.75 Å². The Balaban J connectivity index is 1.77. The lowest BCUT2D eigenvalue weighted by Crippen LogP contribution is -2.24. The van der Waals surface area contributed by atoms with Gasteiger partial charge in [-0.1, -0.05) is 37.7 Å². The summed E-state index contributed by atoms with van der Waals surface area (Å²) in [7, 11) is 1.85. The van der Waals surface area contributed by atoms with Crippen molar-refractivity contribution >= 4 is 34.2 Å². The fourth-order valence-corrected chi connectivity index (χ4v) is 4.19. The number of aryl methyl sites for hydroxylation is 2. The molecule has 0 unspecified atom stereocenters. The van der Waals surface area contributed by atoms with Gasteiger partial charge in [0.1, 0.15) is 0 Å². The van der Waals surface area contributed by atoms with Crippen LogP contribution in [-0.2, 0) is 13.6 Å². The molecule has 150 valence electrons. The second kappa shape index (κ2) is 7.87. The van der Waals surface area contributed by atoms with Gasteiger partial charge in [-0.2, -0.15) is 0 Å². The molecule has 4 rings (SSSR count). The topological polar surface area (TPSA) is 74.2 Å². The molecule has 7 nitrogen and oxygen atoms in total. The lowest BCUT2D eigenvalue weighted by atomic mass is 10.1. The van der Waals surface area contributed by atoms with Gasteiger partial charge in [0.25, 0.3) is 5.56 Å². The molecule has 0 N–H and O–H groups in total. The Bertz CT molecular complexity index is 1250. The van der Waals surface area contributed by atoms with Gasteiger partial charge in [0.2, 0.25) is 5.78 Å². The van der Waals surface area contributed by atoms with Crippen molar-refractivity contribution in [3.05, 3.63) is 58.6 Å². The van der Waals surface area contributed by atoms with Gasteiger partial charge < -0.3 is 4.57 Å². The van der Waals surface area contributed by atoms with E-state index in [2.05, 4.69) is 24.0 Å². The zero-order chi connectivity index (χ0) is 20.5. The molecule has 0 aliphatic carbocycles. The van der Waals surface area contributed by atoms with Gasteiger partial charge in [-0.25, -0.2) is 0 Å². The predicted molar refractivity (Wildman–Crippen MR) is 115 cm³/mol. The first-order valence-electron chi connectivity index (χ1n) is 9.61. The van der Waals surface area contributed by atoms with Crippen molar-refractivity contribution in [3.63, 3.8) is 0 Å². The van der Waals surface area contributed by atoms with Gasteiger partial charge in [-0.05, 0) is 36.6 Å². The van der Waals surface area contributed by atoms with E-state index in [1.54, 1.807) is 4.57 Å². The van der Waals surface area contributed by atoms with E-state index >= 15 is 0 Å². The first kappa shape index (κ1) is 19.4. The third kappa shape index (κ3) is 3.60. The summed E-state index contributed by atoms with van der Waals surface area (Å²) >= 11 is 1.34. The molecule has 29 heavy (non-hydrogen) atoms. The molecular weight excluding hydrogens is 386 g/mol. The highest BCUT2D eigenvalue weighted by Crippen LogP contribution is 2.23. The number of para-hydroxylation sites is 1. The molecule has 0 bridgehead atoms. The third-order valence-electron chi connectivity index (χ3n) is 4.97. The van der Waals surface area contributed by atoms with Crippen LogP contribution in [0.1, 0.15) is 30.8 Å². The highest BCUT2D eigenvalue weighted by molar-refractivity contribution is 7.99. The minimum absolute atomic E-state index is 0.0247. The first-order valence-corrected chi connectivity index (χ1v) is 10.6. The SMILES string of the molecule is CC(C)CCn1c(=O)c2ccccc2n2c(SCC(=O)c3cccn3C)nnc12. The second-order valence-electron chi connectivity index (χ2n) is 7.49. The van der Waals surface area contributed by atoms with E-state index < -0.39 is 0 Å². The molecule has 3 heterocycles. The van der Waals surface area contributed by atoms with E-state index in [1.165, 1.54) is 11.8 Å². The monoisotopic (exact) mass is 409 g/mol. The molecule has 8 heteroatoms. The summed E-state index contributed by atoms with van der Waals surface area (Å²) in [5.41, 5.74) is 1.36. The molecular formula is C21H23N5O2S. The van der Waals surface area contributed by atoms with Crippen molar-refractivity contribution in [2.45, 2.75) is 32.0 Å². The second-order valence-corrected chi connectivity index (χ2v) is 8.43. The largest absolute Gasteiger partial charge is 0.348 e. The number of ketones is 1. The standard InChI is InChI=1S/C21H23N5O2S/c1-14(2)10-12-25-19(28)15-7-4-5-8-16(15)26-20(25)22-23-21(26)29-13-18(27)17-9-6-11-24(17)3/h4-9,11,14H,10,12-13H2,1-3H3. The molecule has 1 aromatic carbocycles. The van der Waals surface area contributed by atoms with Crippen LogP contribution >= 0.6 is 11.8 Å². The van der Waals surface area contributed by atoms with E-state index in [9.17, 15) is 9.59 Å². The van der Waals surface area contributed by atoms with Gasteiger partial charge in [-0.15, -0.1) is 10.2 Å². The quantitative estimate of drug-likeness (QED) is 0.345. The number of Topliss-reactive ketones (excluding diaryl/α,β-unsaturated/α-hetero) is 1. The number of carbonyl (C=O) groups excluding carboxylic acids is 1. The van der Waals surface area contributed by atoms with Gasteiger partial charge in [0.05, 0.1) is 22.3 Å². The normalized spacial score (nSPS) is 11.7. The number of hydrogen-bond donors (Lipinski definition) is 0. The Morgan fingerprint density at radius 3 is 2.66 bits per heavy atom. The Morgan fingerprint density at radius 1 is 1.14 bits per heavy atom. The van der Waals surface area contributed by atoms with Crippen LogP contribution in [0.4, 0.5) is 0 Å². The van der Waals surface area contributed by atoms with Crippen LogP contribution in [0.25, 0.3) is 16.7 Å². The lowest BCUT2D eigenvalue weighted by molar-refractivity contribution is 0.101.